The van der Waals surface area contributed by atoms with Gasteiger partial charge in [0, 0.05) is 22.1 Å². The molecule has 172 valence electrons. The van der Waals surface area contributed by atoms with E-state index in [0.29, 0.717) is 22.3 Å². The lowest BCUT2D eigenvalue weighted by Crippen LogP contribution is -2.51. The first-order valence-corrected chi connectivity index (χ1v) is 12.3. The van der Waals surface area contributed by atoms with Crippen LogP contribution < -0.4 is 10.1 Å². The molecule has 1 aliphatic carbocycles. The predicted molar refractivity (Wildman–Crippen MR) is 131 cm³/mol. The van der Waals surface area contributed by atoms with Crippen LogP contribution in [0.1, 0.15) is 44.6 Å². The summed E-state index contributed by atoms with van der Waals surface area (Å²) in [6, 6.07) is 12.0. The van der Waals surface area contributed by atoms with Crippen LogP contribution in [0.25, 0.3) is 0 Å². The third-order valence-corrected chi connectivity index (χ3v) is 6.69. The summed E-state index contributed by atoms with van der Waals surface area (Å²) in [5.41, 5.74) is 0.920. The highest BCUT2D eigenvalue weighted by molar-refractivity contribution is 9.10. The minimum Gasteiger partial charge on any atom is -0.482 e. The minimum absolute atomic E-state index is 0.146. The van der Waals surface area contributed by atoms with Gasteiger partial charge in [-0.1, -0.05) is 70.5 Å². The normalized spacial score (nSPS) is 15.1. The number of carbonyl (C=O) groups is 2. The van der Waals surface area contributed by atoms with Crippen molar-refractivity contribution in [2.75, 3.05) is 6.61 Å². The van der Waals surface area contributed by atoms with Crippen molar-refractivity contribution in [2.45, 2.75) is 57.7 Å². The molecule has 1 N–H and O–H groups in total. The van der Waals surface area contributed by atoms with E-state index in [-0.39, 0.29) is 24.5 Å². The fourth-order valence-electron chi connectivity index (χ4n) is 3.75. The second-order valence-electron chi connectivity index (χ2n) is 8.03. The SMILES string of the molecule is C[C@@H](C(=O)NC1CCCCC1)N(Cc1ccc(Br)cc1)C(=O)COc1ccc(Cl)cc1Cl. The smallest absolute Gasteiger partial charge is 0.261 e. The van der Waals surface area contributed by atoms with Crippen LogP contribution in [0.3, 0.4) is 0 Å². The van der Waals surface area contributed by atoms with Crippen molar-refractivity contribution in [1.82, 2.24) is 10.2 Å². The first-order valence-electron chi connectivity index (χ1n) is 10.8. The Labute approximate surface area is 207 Å². The lowest BCUT2D eigenvalue weighted by molar-refractivity contribution is -0.142. The van der Waals surface area contributed by atoms with E-state index >= 15 is 0 Å². The number of carbonyl (C=O) groups excluding carboxylic acids is 2. The van der Waals surface area contributed by atoms with Gasteiger partial charge in [-0.2, -0.15) is 0 Å². The third kappa shape index (κ3) is 7.12. The number of amides is 2. The van der Waals surface area contributed by atoms with Gasteiger partial charge in [0.2, 0.25) is 5.91 Å². The molecule has 0 aromatic heterocycles. The molecule has 1 aliphatic rings. The maximum absolute atomic E-state index is 13.1. The van der Waals surface area contributed by atoms with Gasteiger partial charge in [-0.15, -0.1) is 0 Å². The van der Waals surface area contributed by atoms with Gasteiger partial charge >= 0.3 is 0 Å². The van der Waals surface area contributed by atoms with Crippen LogP contribution in [0.15, 0.2) is 46.9 Å². The van der Waals surface area contributed by atoms with E-state index in [1.54, 1.807) is 30.0 Å². The van der Waals surface area contributed by atoms with E-state index < -0.39 is 6.04 Å². The maximum Gasteiger partial charge on any atom is 0.261 e. The van der Waals surface area contributed by atoms with Crippen LogP contribution >= 0.6 is 39.1 Å². The molecule has 0 spiro atoms. The zero-order chi connectivity index (χ0) is 23.1. The quantitative estimate of drug-likeness (QED) is 0.445. The van der Waals surface area contributed by atoms with Gasteiger partial charge < -0.3 is 15.0 Å². The van der Waals surface area contributed by atoms with Crippen LogP contribution in [-0.2, 0) is 16.1 Å². The monoisotopic (exact) mass is 540 g/mol. The first kappa shape index (κ1) is 24.9. The van der Waals surface area contributed by atoms with Gasteiger partial charge in [-0.05, 0) is 55.7 Å². The van der Waals surface area contributed by atoms with E-state index in [1.165, 1.54) is 6.42 Å². The Morgan fingerprint density at radius 2 is 1.81 bits per heavy atom. The number of ether oxygens (including phenoxy) is 1. The molecular formula is C24H27BrCl2N2O3. The number of nitrogens with zero attached hydrogens (tertiary/aromatic N) is 1. The fourth-order valence-corrected chi connectivity index (χ4v) is 4.48. The summed E-state index contributed by atoms with van der Waals surface area (Å²) in [5.74, 6) is -0.0792. The van der Waals surface area contributed by atoms with Crippen LogP contribution in [0.4, 0.5) is 0 Å². The average Bonchev–Trinajstić information content (AvgIpc) is 2.78. The molecule has 1 fully saturated rings. The molecule has 1 atom stereocenters. The van der Waals surface area contributed by atoms with Gasteiger partial charge in [0.1, 0.15) is 11.8 Å². The molecule has 0 unspecified atom stereocenters. The largest absolute Gasteiger partial charge is 0.482 e. The van der Waals surface area contributed by atoms with Crippen molar-refractivity contribution in [3.63, 3.8) is 0 Å². The molecule has 3 rings (SSSR count). The summed E-state index contributed by atoms with van der Waals surface area (Å²) in [6.45, 7) is 1.81. The standard InChI is InChI=1S/C24H27BrCl2N2O3/c1-16(24(31)28-20-5-3-2-4-6-20)29(14-17-7-9-18(25)10-8-17)23(30)15-32-22-12-11-19(26)13-21(22)27/h7-13,16,20H,2-6,14-15H2,1H3,(H,28,31)/t16-/m0/s1. The first-order chi connectivity index (χ1) is 15.3. The lowest BCUT2D eigenvalue weighted by atomic mass is 9.95. The minimum atomic E-state index is -0.641. The van der Waals surface area contributed by atoms with E-state index in [4.69, 9.17) is 27.9 Å². The number of benzene rings is 2. The molecule has 0 bridgehead atoms. The Kier molecular flexibility index (Phi) is 9.26. The molecule has 0 radical (unpaired) electrons. The number of hydrogen-bond donors (Lipinski definition) is 1. The maximum atomic E-state index is 13.1. The zero-order valence-corrected chi connectivity index (χ0v) is 21.0. The molecule has 5 nitrogen and oxygen atoms in total. The molecular weight excluding hydrogens is 515 g/mol. The van der Waals surface area contributed by atoms with E-state index in [9.17, 15) is 9.59 Å². The van der Waals surface area contributed by atoms with E-state index in [0.717, 1.165) is 35.7 Å². The highest BCUT2D eigenvalue weighted by atomic mass is 79.9. The third-order valence-electron chi connectivity index (χ3n) is 5.63. The van der Waals surface area contributed by atoms with Crippen molar-refractivity contribution in [3.05, 3.63) is 62.5 Å². The van der Waals surface area contributed by atoms with Gasteiger partial charge in [0.15, 0.2) is 6.61 Å². The average molecular weight is 542 g/mol. The molecule has 2 amide bonds. The second-order valence-corrected chi connectivity index (χ2v) is 9.79. The summed E-state index contributed by atoms with van der Waals surface area (Å²) < 4.78 is 6.60. The highest BCUT2D eigenvalue weighted by Gasteiger charge is 2.28. The Balaban J connectivity index is 1.71. The Morgan fingerprint density at radius 3 is 2.47 bits per heavy atom. The summed E-state index contributed by atoms with van der Waals surface area (Å²) in [7, 11) is 0. The molecule has 8 heteroatoms. The van der Waals surface area contributed by atoms with Crippen LogP contribution in [-0.4, -0.2) is 35.4 Å². The topological polar surface area (TPSA) is 58.6 Å². The van der Waals surface area contributed by atoms with Gasteiger partial charge in [0.25, 0.3) is 5.91 Å². The fraction of sp³-hybridized carbons (Fsp3) is 0.417. The highest BCUT2D eigenvalue weighted by Crippen LogP contribution is 2.27. The van der Waals surface area contributed by atoms with Crippen LogP contribution in [0.2, 0.25) is 10.0 Å². The molecule has 0 saturated heterocycles. The van der Waals surface area contributed by atoms with Crippen molar-refractivity contribution in [3.8, 4) is 5.75 Å². The Hall–Kier alpha value is -1.76. The molecule has 0 heterocycles. The van der Waals surface area contributed by atoms with Crippen molar-refractivity contribution in [1.29, 1.82) is 0 Å². The van der Waals surface area contributed by atoms with Crippen molar-refractivity contribution in [2.24, 2.45) is 0 Å². The molecule has 0 aliphatic heterocycles. The number of nitrogens with one attached hydrogen (secondary N) is 1. The molecule has 1 saturated carbocycles. The molecule has 2 aromatic carbocycles. The Morgan fingerprint density at radius 1 is 1.12 bits per heavy atom. The van der Waals surface area contributed by atoms with Crippen LogP contribution in [0.5, 0.6) is 5.75 Å². The summed E-state index contributed by atoms with van der Waals surface area (Å²) in [4.78, 5) is 27.7. The summed E-state index contributed by atoms with van der Waals surface area (Å²) in [5, 5.41) is 3.93. The van der Waals surface area contributed by atoms with Crippen molar-refractivity contribution < 1.29 is 14.3 Å². The van der Waals surface area contributed by atoms with E-state index in [2.05, 4.69) is 21.2 Å². The van der Waals surface area contributed by atoms with Gasteiger partial charge in [-0.3, -0.25) is 9.59 Å². The number of hydrogen-bond acceptors (Lipinski definition) is 3. The van der Waals surface area contributed by atoms with E-state index in [1.807, 2.05) is 24.3 Å². The van der Waals surface area contributed by atoms with Crippen molar-refractivity contribution >= 4 is 50.9 Å². The van der Waals surface area contributed by atoms with Gasteiger partial charge in [0.05, 0.1) is 5.02 Å². The summed E-state index contributed by atoms with van der Waals surface area (Å²) >= 11 is 15.5. The van der Waals surface area contributed by atoms with Gasteiger partial charge in [-0.25, -0.2) is 0 Å². The summed E-state index contributed by atoms with van der Waals surface area (Å²) in [6.07, 6.45) is 5.42. The predicted octanol–water partition coefficient (Wildman–Crippen LogP) is 6.00. The number of rotatable bonds is 8. The zero-order valence-electron chi connectivity index (χ0n) is 18.0. The molecule has 32 heavy (non-hydrogen) atoms. The second kappa shape index (κ2) is 11.9. The number of halogens is 3. The van der Waals surface area contributed by atoms with Crippen LogP contribution in [0, 0.1) is 0 Å². The Bertz CT molecular complexity index is 933. The molecule has 2 aromatic rings. The lowest BCUT2D eigenvalue weighted by Gasteiger charge is -2.31.